The maximum Gasteiger partial charge on any atom is 0.338 e. The lowest BCUT2D eigenvalue weighted by atomic mass is 10.2. The minimum Gasteiger partial charge on any atom is -0.452 e. The number of sulfone groups is 1. The number of hydrogen-bond donors (Lipinski definition) is 1. The molecule has 0 spiro atoms. The molecule has 0 radical (unpaired) electrons. The van der Waals surface area contributed by atoms with Gasteiger partial charge in [0.2, 0.25) is 0 Å². The number of benzene rings is 2. The predicted molar refractivity (Wildman–Crippen MR) is 103 cm³/mol. The predicted octanol–water partition coefficient (Wildman–Crippen LogP) is 2.36. The summed E-state index contributed by atoms with van der Waals surface area (Å²) in [6.07, 6.45) is 0.771. The lowest BCUT2D eigenvalue weighted by Gasteiger charge is -2.08. The second-order valence-electron chi connectivity index (χ2n) is 5.75. The van der Waals surface area contributed by atoms with Gasteiger partial charge < -0.3 is 10.1 Å². The van der Waals surface area contributed by atoms with Gasteiger partial charge in [0.15, 0.2) is 16.4 Å². The van der Waals surface area contributed by atoms with E-state index in [4.69, 9.17) is 16.3 Å². The summed E-state index contributed by atoms with van der Waals surface area (Å²) in [5.41, 5.74) is -1.85. The minimum atomic E-state index is -3.92. The van der Waals surface area contributed by atoms with Crippen LogP contribution in [0, 0.1) is 20.2 Å². The summed E-state index contributed by atoms with van der Waals surface area (Å²) in [7, 11) is -3.92. The molecule has 14 heteroatoms. The normalized spacial score (nSPS) is 10.9. The number of nitro benzene ring substituents is 2. The van der Waals surface area contributed by atoms with Gasteiger partial charge in [-0.3, -0.25) is 25.0 Å². The first-order valence-corrected chi connectivity index (χ1v) is 10.1. The first-order valence-electron chi connectivity index (χ1n) is 7.79. The number of halogens is 1. The van der Waals surface area contributed by atoms with Gasteiger partial charge in [-0.1, -0.05) is 11.6 Å². The van der Waals surface area contributed by atoms with Crippen LogP contribution < -0.4 is 5.32 Å². The number of ether oxygens (including phenoxy) is 1. The van der Waals surface area contributed by atoms with Crippen molar-refractivity contribution in [1.29, 1.82) is 0 Å². The number of carbonyl (C=O) groups is 2. The summed E-state index contributed by atoms with van der Waals surface area (Å²) < 4.78 is 27.9. The van der Waals surface area contributed by atoms with Crippen molar-refractivity contribution in [1.82, 2.24) is 0 Å². The van der Waals surface area contributed by atoms with Gasteiger partial charge in [-0.15, -0.1) is 0 Å². The quantitative estimate of drug-likeness (QED) is 0.371. The second-order valence-corrected chi connectivity index (χ2v) is 8.18. The summed E-state index contributed by atoms with van der Waals surface area (Å²) in [5.74, 6) is -2.08. The van der Waals surface area contributed by atoms with Crippen LogP contribution in [0.3, 0.4) is 0 Å². The van der Waals surface area contributed by atoms with Crippen LogP contribution in [0.2, 0.25) is 5.02 Å². The van der Waals surface area contributed by atoms with E-state index in [-0.39, 0.29) is 16.3 Å². The molecule has 0 saturated heterocycles. The number of nitro groups is 2. The zero-order chi connectivity index (χ0) is 22.6. The molecule has 0 saturated carbocycles. The maximum absolute atomic E-state index is 12.1. The number of hydrogen-bond acceptors (Lipinski definition) is 9. The molecular formula is C16H12ClN3O9S. The van der Waals surface area contributed by atoms with Crippen LogP contribution in [0.4, 0.5) is 17.1 Å². The van der Waals surface area contributed by atoms with Crippen molar-refractivity contribution < 1.29 is 32.6 Å². The van der Waals surface area contributed by atoms with Crippen LogP contribution in [-0.2, 0) is 19.4 Å². The number of esters is 1. The summed E-state index contributed by atoms with van der Waals surface area (Å²) in [4.78, 5) is 43.8. The number of carbonyl (C=O) groups excluding carboxylic acids is 2. The number of amides is 1. The van der Waals surface area contributed by atoms with E-state index < -0.39 is 54.4 Å². The molecule has 2 aromatic rings. The highest BCUT2D eigenvalue weighted by Gasteiger charge is 2.25. The lowest BCUT2D eigenvalue weighted by Crippen LogP contribution is -2.21. The van der Waals surface area contributed by atoms with Crippen LogP contribution in [0.1, 0.15) is 10.4 Å². The Hall–Kier alpha value is -3.58. The van der Waals surface area contributed by atoms with Gasteiger partial charge in [-0.2, -0.15) is 0 Å². The molecule has 0 aliphatic rings. The third kappa shape index (κ3) is 5.48. The number of nitrogens with zero attached hydrogens (tertiary/aromatic N) is 2. The Morgan fingerprint density at radius 1 is 1.07 bits per heavy atom. The van der Waals surface area contributed by atoms with Gasteiger partial charge in [0.1, 0.15) is 10.6 Å². The Bertz CT molecular complexity index is 1160. The van der Waals surface area contributed by atoms with Crippen LogP contribution >= 0.6 is 11.6 Å². The number of anilines is 1. The van der Waals surface area contributed by atoms with E-state index >= 15 is 0 Å². The molecule has 12 nitrogen and oxygen atoms in total. The summed E-state index contributed by atoms with van der Waals surface area (Å²) in [6, 6.07) is 6.03. The van der Waals surface area contributed by atoms with Crippen LogP contribution in [0.25, 0.3) is 0 Å². The topological polar surface area (TPSA) is 176 Å². The monoisotopic (exact) mass is 457 g/mol. The zero-order valence-corrected chi connectivity index (χ0v) is 16.6. The molecule has 0 aliphatic heterocycles. The van der Waals surface area contributed by atoms with Crippen molar-refractivity contribution in [2.45, 2.75) is 4.90 Å². The van der Waals surface area contributed by atoms with Gasteiger partial charge in [0, 0.05) is 23.4 Å². The molecule has 0 bridgehead atoms. The van der Waals surface area contributed by atoms with E-state index in [0.29, 0.717) is 6.07 Å². The third-order valence-electron chi connectivity index (χ3n) is 3.55. The fourth-order valence-corrected chi connectivity index (χ4v) is 3.27. The molecular weight excluding hydrogens is 446 g/mol. The van der Waals surface area contributed by atoms with Crippen LogP contribution in [0.5, 0.6) is 0 Å². The highest BCUT2D eigenvalue weighted by molar-refractivity contribution is 7.90. The molecule has 2 aromatic carbocycles. The van der Waals surface area contributed by atoms with E-state index in [1.165, 1.54) is 6.07 Å². The van der Waals surface area contributed by atoms with Crippen molar-refractivity contribution >= 4 is 50.4 Å². The Morgan fingerprint density at radius 2 is 1.70 bits per heavy atom. The standard InChI is InChI=1S/C16H12ClN3O9S/c1-30(27,28)14-5-2-9(6-13(14)20(25)26)16(22)29-8-15(21)18-11-7-10(17)3-4-12(11)19(23)24/h2-7H,8H2,1H3,(H,18,21). The van der Waals surface area contributed by atoms with Crippen molar-refractivity contribution in [2.75, 3.05) is 18.2 Å². The SMILES string of the molecule is CS(=O)(=O)c1ccc(C(=O)OCC(=O)Nc2cc(Cl)ccc2[N+](=O)[O-])cc1[N+](=O)[O-]. The van der Waals surface area contributed by atoms with E-state index in [1.807, 2.05) is 0 Å². The fraction of sp³-hybridized carbons (Fsp3) is 0.125. The van der Waals surface area contributed by atoms with Gasteiger partial charge in [0.25, 0.3) is 17.3 Å². The van der Waals surface area contributed by atoms with Gasteiger partial charge in [-0.25, -0.2) is 13.2 Å². The van der Waals surface area contributed by atoms with Crippen molar-refractivity contribution in [2.24, 2.45) is 0 Å². The van der Waals surface area contributed by atoms with Crippen molar-refractivity contribution in [3.05, 3.63) is 67.2 Å². The summed E-state index contributed by atoms with van der Waals surface area (Å²) >= 11 is 5.74. The Balaban J connectivity index is 2.14. The first-order chi connectivity index (χ1) is 13.9. The van der Waals surface area contributed by atoms with E-state index in [2.05, 4.69) is 5.32 Å². The van der Waals surface area contributed by atoms with E-state index in [0.717, 1.165) is 30.5 Å². The smallest absolute Gasteiger partial charge is 0.338 e. The zero-order valence-electron chi connectivity index (χ0n) is 15.0. The lowest BCUT2D eigenvalue weighted by molar-refractivity contribution is -0.387. The van der Waals surface area contributed by atoms with Gasteiger partial charge in [0.05, 0.1) is 15.4 Å². The summed E-state index contributed by atoms with van der Waals surface area (Å²) in [5, 5.41) is 24.3. The molecule has 2 rings (SSSR count). The molecule has 0 atom stereocenters. The molecule has 0 aromatic heterocycles. The maximum atomic E-state index is 12.1. The molecule has 1 N–H and O–H groups in total. The fourth-order valence-electron chi connectivity index (χ4n) is 2.27. The molecule has 1 amide bonds. The largest absolute Gasteiger partial charge is 0.452 e. The highest BCUT2D eigenvalue weighted by Crippen LogP contribution is 2.28. The summed E-state index contributed by atoms with van der Waals surface area (Å²) in [6.45, 7) is -0.871. The van der Waals surface area contributed by atoms with E-state index in [1.54, 1.807) is 0 Å². The van der Waals surface area contributed by atoms with Crippen molar-refractivity contribution in [3.8, 4) is 0 Å². The first kappa shape index (κ1) is 22.7. The highest BCUT2D eigenvalue weighted by atomic mass is 35.5. The molecule has 0 unspecified atom stereocenters. The van der Waals surface area contributed by atoms with E-state index in [9.17, 15) is 38.2 Å². The Labute approximate surface area is 173 Å². The average Bonchev–Trinajstić information content (AvgIpc) is 2.64. The molecule has 0 heterocycles. The molecule has 0 fully saturated rings. The number of nitrogens with one attached hydrogen (secondary N) is 1. The molecule has 158 valence electrons. The average molecular weight is 458 g/mol. The third-order valence-corrected chi connectivity index (χ3v) is 4.93. The molecule has 30 heavy (non-hydrogen) atoms. The minimum absolute atomic E-state index is 0.117. The van der Waals surface area contributed by atoms with Gasteiger partial charge in [-0.05, 0) is 24.3 Å². The van der Waals surface area contributed by atoms with Crippen molar-refractivity contribution in [3.63, 3.8) is 0 Å². The van der Waals surface area contributed by atoms with Crippen LogP contribution in [0.15, 0.2) is 41.3 Å². The van der Waals surface area contributed by atoms with Gasteiger partial charge >= 0.3 is 5.97 Å². The number of rotatable bonds is 7. The Morgan fingerprint density at radius 3 is 2.27 bits per heavy atom. The second kappa shape index (κ2) is 8.84. The van der Waals surface area contributed by atoms with Crippen LogP contribution in [-0.4, -0.2) is 43.0 Å². The molecule has 0 aliphatic carbocycles. The Kier molecular flexibility index (Phi) is 6.69.